The van der Waals surface area contributed by atoms with Gasteiger partial charge in [0.2, 0.25) is 0 Å². The SMILES string of the molecule is O=C(O)[C@H]1C[C@H](S(=O)(=O)c2ccc(Br)cc2C(F)(F)F)C[C@@H]1OC1CCS(=O)(=O)CC1. The van der Waals surface area contributed by atoms with Gasteiger partial charge < -0.3 is 9.84 Å². The van der Waals surface area contributed by atoms with E-state index >= 15 is 0 Å². The topological polar surface area (TPSA) is 115 Å². The first-order valence-corrected chi connectivity index (χ1v) is 13.6. The van der Waals surface area contributed by atoms with Crippen molar-refractivity contribution in [3.8, 4) is 0 Å². The normalized spacial score (nSPS) is 27.3. The average Bonchev–Trinajstić information content (AvgIpc) is 3.07. The molecule has 31 heavy (non-hydrogen) atoms. The Bertz CT molecular complexity index is 1060. The quantitative estimate of drug-likeness (QED) is 0.601. The third-order valence-electron chi connectivity index (χ3n) is 5.64. The van der Waals surface area contributed by atoms with Crippen molar-refractivity contribution in [3.63, 3.8) is 0 Å². The molecule has 1 heterocycles. The molecule has 1 N–H and O–H groups in total. The van der Waals surface area contributed by atoms with Crippen LogP contribution in [0.3, 0.4) is 0 Å². The molecule has 1 aromatic rings. The second-order valence-electron chi connectivity index (χ2n) is 7.75. The van der Waals surface area contributed by atoms with Gasteiger partial charge in [-0.1, -0.05) is 15.9 Å². The monoisotopic (exact) mass is 548 g/mol. The Morgan fingerprint density at radius 3 is 2.32 bits per heavy atom. The largest absolute Gasteiger partial charge is 0.481 e. The summed E-state index contributed by atoms with van der Waals surface area (Å²) >= 11 is 2.91. The van der Waals surface area contributed by atoms with Gasteiger partial charge in [0.25, 0.3) is 0 Å². The maximum absolute atomic E-state index is 13.4. The first kappa shape index (κ1) is 24.5. The average molecular weight is 549 g/mol. The van der Waals surface area contributed by atoms with Crippen molar-refractivity contribution in [2.24, 2.45) is 5.92 Å². The summed E-state index contributed by atoms with van der Waals surface area (Å²) in [5, 5.41) is 8.15. The van der Waals surface area contributed by atoms with E-state index in [9.17, 15) is 39.9 Å². The van der Waals surface area contributed by atoms with Crippen LogP contribution in [0.5, 0.6) is 0 Å². The number of hydrogen-bond donors (Lipinski definition) is 1. The molecule has 3 atom stereocenters. The predicted octanol–water partition coefficient (Wildman–Crippen LogP) is 3.07. The summed E-state index contributed by atoms with van der Waals surface area (Å²) < 4.78 is 95.4. The molecule has 1 aromatic carbocycles. The van der Waals surface area contributed by atoms with Crippen molar-refractivity contribution >= 4 is 41.6 Å². The van der Waals surface area contributed by atoms with Crippen LogP contribution in [0.2, 0.25) is 0 Å². The Labute approximate surface area is 185 Å². The van der Waals surface area contributed by atoms with Crippen LogP contribution in [0.4, 0.5) is 13.2 Å². The molecule has 174 valence electrons. The van der Waals surface area contributed by atoms with Crippen molar-refractivity contribution in [2.75, 3.05) is 11.5 Å². The molecule has 7 nitrogen and oxygen atoms in total. The van der Waals surface area contributed by atoms with Crippen molar-refractivity contribution in [3.05, 3.63) is 28.2 Å². The van der Waals surface area contributed by atoms with E-state index in [2.05, 4.69) is 15.9 Å². The second kappa shape index (κ2) is 8.64. The maximum Gasteiger partial charge on any atom is 0.417 e. The lowest BCUT2D eigenvalue weighted by Gasteiger charge is -2.27. The van der Waals surface area contributed by atoms with Gasteiger partial charge in [0.15, 0.2) is 19.7 Å². The fraction of sp³-hybridized carbons (Fsp3) is 0.611. The van der Waals surface area contributed by atoms with Crippen LogP contribution in [-0.4, -0.2) is 56.9 Å². The van der Waals surface area contributed by atoms with Gasteiger partial charge in [-0.2, -0.15) is 13.2 Å². The minimum absolute atomic E-state index is 0.0575. The third kappa shape index (κ3) is 5.42. The van der Waals surface area contributed by atoms with E-state index in [0.717, 1.165) is 6.07 Å². The number of rotatable bonds is 5. The van der Waals surface area contributed by atoms with Crippen LogP contribution in [0, 0.1) is 5.92 Å². The molecule has 1 saturated heterocycles. The van der Waals surface area contributed by atoms with Gasteiger partial charge in [-0.3, -0.25) is 4.79 Å². The first-order valence-electron chi connectivity index (χ1n) is 9.40. The van der Waals surface area contributed by atoms with Crippen molar-refractivity contribution in [1.29, 1.82) is 0 Å². The number of carboxylic acid groups (broad SMARTS) is 1. The molecule has 2 fully saturated rings. The summed E-state index contributed by atoms with van der Waals surface area (Å²) in [6, 6.07) is 2.72. The Morgan fingerprint density at radius 2 is 1.77 bits per heavy atom. The number of ether oxygens (including phenoxy) is 1. The highest BCUT2D eigenvalue weighted by molar-refractivity contribution is 9.10. The van der Waals surface area contributed by atoms with Gasteiger partial charge in [-0.15, -0.1) is 0 Å². The van der Waals surface area contributed by atoms with Gasteiger partial charge in [0.05, 0.1) is 45.3 Å². The standard InChI is InChI=1S/C18H20BrF3O7S2/c19-10-1-2-16(14(7-10)18(20,21)22)31(27,28)12-8-13(17(23)24)15(9-12)29-11-3-5-30(25,26)6-4-11/h1-2,7,11-13,15H,3-6,8-9H2,(H,23,24)/t12-,13-,15-/m0/s1. The summed E-state index contributed by atoms with van der Waals surface area (Å²) in [5.41, 5.74) is -1.32. The van der Waals surface area contributed by atoms with Crippen molar-refractivity contribution in [2.45, 2.75) is 54.2 Å². The Kier molecular flexibility index (Phi) is 6.82. The van der Waals surface area contributed by atoms with E-state index in [0.29, 0.717) is 6.07 Å². The summed E-state index contributed by atoms with van der Waals surface area (Å²) in [6.07, 6.45) is -6.85. The van der Waals surface area contributed by atoms with Gasteiger partial charge in [-0.25, -0.2) is 16.8 Å². The van der Waals surface area contributed by atoms with E-state index in [4.69, 9.17) is 4.74 Å². The number of carboxylic acids is 1. The zero-order valence-corrected chi connectivity index (χ0v) is 19.2. The number of sulfone groups is 2. The van der Waals surface area contributed by atoms with Crippen LogP contribution < -0.4 is 0 Å². The third-order valence-corrected chi connectivity index (χ3v) is 10.1. The minimum Gasteiger partial charge on any atom is -0.481 e. The van der Waals surface area contributed by atoms with Crippen LogP contribution in [0.15, 0.2) is 27.6 Å². The van der Waals surface area contributed by atoms with Gasteiger partial charge in [0, 0.05) is 4.47 Å². The lowest BCUT2D eigenvalue weighted by Crippen LogP contribution is -2.35. The minimum atomic E-state index is -4.92. The van der Waals surface area contributed by atoms with Gasteiger partial charge in [-0.05, 0) is 43.9 Å². The zero-order valence-electron chi connectivity index (χ0n) is 16.0. The van der Waals surface area contributed by atoms with Crippen LogP contribution >= 0.6 is 15.9 Å². The highest BCUT2D eigenvalue weighted by atomic mass is 79.9. The van der Waals surface area contributed by atoms with E-state index in [1.165, 1.54) is 6.07 Å². The highest BCUT2D eigenvalue weighted by Gasteiger charge is 2.48. The molecule has 0 amide bonds. The molecule has 1 aliphatic heterocycles. The molecule has 0 unspecified atom stereocenters. The smallest absolute Gasteiger partial charge is 0.417 e. The Hall–Kier alpha value is -1.18. The second-order valence-corrected chi connectivity index (χ2v) is 13.2. The Balaban J connectivity index is 1.86. The van der Waals surface area contributed by atoms with E-state index < -0.39 is 65.7 Å². The molecular formula is C18H20BrF3O7S2. The first-order chi connectivity index (χ1) is 14.2. The fourth-order valence-electron chi connectivity index (χ4n) is 4.02. The number of alkyl halides is 3. The fourth-order valence-corrected chi connectivity index (χ4v) is 7.83. The van der Waals surface area contributed by atoms with Gasteiger partial charge >= 0.3 is 12.1 Å². The van der Waals surface area contributed by atoms with Crippen LogP contribution in [0.1, 0.15) is 31.2 Å². The lowest BCUT2D eigenvalue weighted by molar-refractivity contribution is -0.148. The summed E-state index contributed by atoms with van der Waals surface area (Å²) in [5.74, 6) is -2.75. The molecule has 0 spiro atoms. The molecule has 1 saturated carbocycles. The summed E-state index contributed by atoms with van der Waals surface area (Å²) in [7, 11) is -7.68. The number of halogens is 4. The molecule has 3 rings (SSSR count). The highest BCUT2D eigenvalue weighted by Crippen LogP contribution is 2.42. The molecule has 0 bridgehead atoms. The van der Waals surface area contributed by atoms with Crippen molar-refractivity contribution in [1.82, 2.24) is 0 Å². The number of aliphatic carboxylic acids is 1. The van der Waals surface area contributed by atoms with E-state index in [-0.39, 0.29) is 41.7 Å². The molecule has 13 heteroatoms. The van der Waals surface area contributed by atoms with E-state index in [1.807, 2.05) is 0 Å². The number of hydrogen-bond acceptors (Lipinski definition) is 6. The molecule has 2 aliphatic rings. The summed E-state index contributed by atoms with van der Waals surface area (Å²) in [6.45, 7) is 0. The Morgan fingerprint density at radius 1 is 1.16 bits per heavy atom. The molecule has 0 aromatic heterocycles. The molecule has 1 aliphatic carbocycles. The zero-order chi connectivity index (χ0) is 23.2. The van der Waals surface area contributed by atoms with Crippen LogP contribution in [0.25, 0.3) is 0 Å². The predicted molar refractivity (Wildman–Crippen MR) is 107 cm³/mol. The molecule has 0 radical (unpaired) electrons. The van der Waals surface area contributed by atoms with Gasteiger partial charge in [0.1, 0.15) is 0 Å². The van der Waals surface area contributed by atoms with Crippen LogP contribution in [-0.2, 0) is 35.4 Å². The van der Waals surface area contributed by atoms with E-state index in [1.54, 1.807) is 0 Å². The van der Waals surface area contributed by atoms with Crippen molar-refractivity contribution < 1.29 is 44.6 Å². The lowest BCUT2D eigenvalue weighted by atomic mass is 10.1. The molecular weight excluding hydrogens is 529 g/mol. The summed E-state index contributed by atoms with van der Waals surface area (Å²) in [4.78, 5) is 10.8. The number of benzene rings is 1. The maximum atomic E-state index is 13.4. The number of carbonyl (C=O) groups is 1.